The van der Waals surface area contributed by atoms with E-state index in [1.54, 1.807) is 12.1 Å². The highest BCUT2D eigenvalue weighted by atomic mass is 32.2. The minimum absolute atomic E-state index is 0.158. The van der Waals surface area contributed by atoms with Gasteiger partial charge in [0.2, 0.25) is 0 Å². The number of nitrogen functional groups attached to an aromatic ring is 1. The average molecular weight is 296 g/mol. The van der Waals surface area contributed by atoms with Crippen LogP contribution in [0.3, 0.4) is 0 Å². The van der Waals surface area contributed by atoms with Crippen LogP contribution in [0.4, 0.5) is 15.8 Å². The van der Waals surface area contributed by atoms with E-state index in [0.29, 0.717) is 11.4 Å². The van der Waals surface area contributed by atoms with Gasteiger partial charge in [0.1, 0.15) is 16.5 Å². The highest BCUT2D eigenvalue weighted by Crippen LogP contribution is 2.22. The first-order valence-electron chi connectivity index (χ1n) is 5.64. The number of hydrogen-bond acceptors (Lipinski definition) is 4. The van der Waals surface area contributed by atoms with E-state index in [1.165, 1.54) is 25.3 Å². The Morgan fingerprint density at radius 2 is 1.80 bits per heavy atom. The van der Waals surface area contributed by atoms with Gasteiger partial charge in [0.05, 0.1) is 7.11 Å². The van der Waals surface area contributed by atoms with Crippen molar-refractivity contribution in [2.24, 2.45) is 0 Å². The molecule has 0 fully saturated rings. The fourth-order valence-corrected chi connectivity index (χ4v) is 2.72. The molecule has 0 unspecified atom stereocenters. The van der Waals surface area contributed by atoms with E-state index in [9.17, 15) is 12.8 Å². The fourth-order valence-electron chi connectivity index (χ4n) is 1.60. The number of anilines is 2. The lowest BCUT2D eigenvalue weighted by molar-refractivity contribution is 0.415. The average Bonchev–Trinajstić information content (AvgIpc) is 2.38. The van der Waals surface area contributed by atoms with Crippen LogP contribution in [0.15, 0.2) is 47.4 Å². The Hall–Kier alpha value is -2.28. The van der Waals surface area contributed by atoms with E-state index < -0.39 is 20.7 Å². The van der Waals surface area contributed by atoms with Gasteiger partial charge in [-0.3, -0.25) is 4.72 Å². The van der Waals surface area contributed by atoms with E-state index in [-0.39, 0.29) is 5.69 Å². The molecule has 0 bridgehead atoms. The zero-order valence-corrected chi connectivity index (χ0v) is 11.4. The van der Waals surface area contributed by atoms with Crippen LogP contribution in [0.5, 0.6) is 5.75 Å². The summed E-state index contributed by atoms with van der Waals surface area (Å²) in [4.78, 5) is -0.456. The maximum atomic E-state index is 13.6. The van der Waals surface area contributed by atoms with Crippen molar-refractivity contribution < 1.29 is 17.5 Å². The number of methoxy groups -OCH3 is 1. The molecule has 7 heteroatoms. The number of halogens is 1. The van der Waals surface area contributed by atoms with Crippen LogP contribution < -0.4 is 15.2 Å². The maximum absolute atomic E-state index is 13.6. The van der Waals surface area contributed by atoms with Crippen molar-refractivity contribution in [1.29, 1.82) is 0 Å². The molecule has 2 aromatic carbocycles. The van der Waals surface area contributed by atoms with Gasteiger partial charge in [-0.25, -0.2) is 12.8 Å². The van der Waals surface area contributed by atoms with Crippen LogP contribution in [0, 0.1) is 5.82 Å². The first kappa shape index (κ1) is 14.1. The highest BCUT2D eigenvalue weighted by molar-refractivity contribution is 7.92. The van der Waals surface area contributed by atoms with Gasteiger partial charge in [0.25, 0.3) is 10.0 Å². The second-order valence-electron chi connectivity index (χ2n) is 4.02. The summed E-state index contributed by atoms with van der Waals surface area (Å²) in [6.07, 6.45) is 0. The Labute approximate surface area is 116 Å². The third-order valence-electron chi connectivity index (χ3n) is 2.59. The highest BCUT2D eigenvalue weighted by Gasteiger charge is 2.19. The summed E-state index contributed by atoms with van der Waals surface area (Å²) in [7, 11) is -2.50. The van der Waals surface area contributed by atoms with Gasteiger partial charge >= 0.3 is 0 Å². The number of ether oxygens (including phenoxy) is 1. The van der Waals surface area contributed by atoms with Gasteiger partial charge in [0, 0.05) is 11.4 Å². The number of sulfonamides is 1. The fraction of sp³-hybridized carbons (Fsp3) is 0.0769. The Bertz CT molecular complexity index is 715. The predicted molar refractivity (Wildman–Crippen MR) is 74.6 cm³/mol. The molecule has 106 valence electrons. The minimum atomic E-state index is -4.00. The topological polar surface area (TPSA) is 81.4 Å². The van der Waals surface area contributed by atoms with Gasteiger partial charge in [0.15, 0.2) is 0 Å². The minimum Gasteiger partial charge on any atom is -0.497 e. The predicted octanol–water partition coefficient (Wildman–Crippen LogP) is 2.22. The summed E-state index contributed by atoms with van der Waals surface area (Å²) in [6, 6.07) is 9.64. The van der Waals surface area contributed by atoms with Crippen LogP contribution in [-0.2, 0) is 10.0 Å². The summed E-state index contributed by atoms with van der Waals surface area (Å²) < 4.78 is 45.0. The van der Waals surface area contributed by atoms with Gasteiger partial charge in [-0.2, -0.15) is 0 Å². The number of benzene rings is 2. The van der Waals surface area contributed by atoms with Crippen molar-refractivity contribution in [3.63, 3.8) is 0 Å². The molecule has 0 aliphatic rings. The smallest absolute Gasteiger partial charge is 0.264 e. The van der Waals surface area contributed by atoms with Gasteiger partial charge in [-0.05, 0) is 42.5 Å². The second kappa shape index (κ2) is 5.38. The monoisotopic (exact) mass is 296 g/mol. The molecule has 0 saturated carbocycles. The Balaban J connectivity index is 2.30. The molecule has 2 aromatic rings. The van der Waals surface area contributed by atoms with Crippen molar-refractivity contribution in [3.8, 4) is 5.75 Å². The first-order chi connectivity index (χ1) is 9.42. The molecule has 0 radical (unpaired) electrons. The molecule has 3 N–H and O–H groups in total. The van der Waals surface area contributed by atoms with Crippen molar-refractivity contribution in [3.05, 3.63) is 48.3 Å². The van der Waals surface area contributed by atoms with Crippen LogP contribution in [-0.4, -0.2) is 15.5 Å². The van der Waals surface area contributed by atoms with E-state index in [2.05, 4.69) is 4.72 Å². The zero-order chi connectivity index (χ0) is 14.8. The lowest BCUT2D eigenvalue weighted by Gasteiger charge is -2.09. The lowest BCUT2D eigenvalue weighted by atomic mass is 10.3. The molecule has 0 aliphatic carbocycles. The Morgan fingerprint density at radius 1 is 1.15 bits per heavy atom. The van der Waals surface area contributed by atoms with Crippen LogP contribution in [0.1, 0.15) is 0 Å². The van der Waals surface area contributed by atoms with Crippen LogP contribution in [0.25, 0.3) is 0 Å². The third-order valence-corrected chi connectivity index (χ3v) is 4.00. The molecule has 0 saturated heterocycles. The number of nitrogens with two attached hydrogens (primary N) is 1. The van der Waals surface area contributed by atoms with Gasteiger partial charge in [-0.1, -0.05) is 0 Å². The van der Waals surface area contributed by atoms with Crippen molar-refractivity contribution in [2.45, 2.75) is 4.90 Å². The van der Waals surface area contributed by atoms with Crippen LogP contribution in [0.2, 0.25) is 0 Å². The molecular formula is C13H13FN2O3S. The molecule has 0 aromatic heterocycles. The number of nitrogens with one attached hydrogen (secondary N) is 1. The van der Waals surface area contributed by atoms with Crippen molar-refractivity contribution in [2.75, 3.05) is 17.6 Å². The van der Waals surface area contributed by atoms with Crippen LogP contribution >= 0.6 is 0 Å². The summed E-state index contributed by atoms with van der Waals surface area (Å²) in [5, 5.41) is 0. The number of hydrogen-bond donors (Lipinski definition) is 2. The van der Waals surface area contributed by atoms with Crippen molar-refractivity contribution >= 4 is 21.4 Å². The summed E-state index contributed by atoms with van der Waals surface area (Å²) in [5.41, 5.74) is 5.85. The summed E-state index contributed by atoms with van der Waals surface area (Å²) in [6.45, 7) is 0. The third kappa shape index (κ3) is 3.00. The van der Waals surface area contributed by atoms with Crippen molar-refractivity contribution in [1.82, 2.24) is 0 Å². The molecule has 5 nitrogen and oxygen atoms in total. The molecular weight excluding hydrogens is 283 g/mol. The summed E-state index contributed by atoms with van der Waals surface area (Å²) in [5.74, 6) is -0.308. The molecule has 0 spiro atoms. The standard InChI is InChI=1S/C13H13FN2O3S/c1-19-11-5-3-10(4-6-11)16-20(17,18)13-7-2-9(15)8-12(13)14/h2-8,16H,15H2,1H3. The van der Waals surface area contributed by atoms with E-state index >= 15 is 0 Å². The molecule has 2 rings (SSSR count). The molecule has 0 amide bonds. The molecule has 20 heavy (non-hydrogen) atoms. The van der Waals surface area contributed by atoms with E-state index in [1.807, 2.05) is 0 Å². The maximum Gasteiger partial charge on any atom is 0.264 e. The normalized spacial score (nSPS) is 11.1. The quantitative estimate of drug-likeness (QED) is 0.848. The molecule has 0 aliphatic heterocycles. The Morgan fingerprint density at radius 3 is 2.35 bits per heavy atom. The largest absolute Gasteiger partial charge is 0.497 e. The van der Waals surface area contributed by atoms with E-state index in [4.69, 9.17) is 10.5 Å². The SMILES string of the molecule is COc1ccc(NS(=O)(=O)c2ccc(N)cc2F)cc1. The zero-order valence-electron chi connectivity index (χ0n) is 10.6. The molecule has 0 atom stereocenters. The number of rotatable bonds is 4. The summed E-state index contributed by atoms with van der Waals surface area (Å²) >= 11 is 0. The second-order valence-corrected chi connectivity index (χ2v) is 5.67. The molecule has 0 heterocycles. The Kier molecular flexibility index (Phi) is 3.80. The lowest BCUT2D eigenvalue weighted by Crippen LogP contribution is -2.14. The first-order valence-corrected chi connectivity index (χ1v) is 7.12. The van der Waals surface area contributed by atoms with Gasteiger partial charge < -0.3 is 10.5 Å². The van der Waals surface area contributed by atoms with Gasteiger partial charge in [-0.15, -0.1) is 0 Å². The van der Waals surface area contributed by atoms with E-state index in [0.717, 1.165) is 12.1 Å².